The molecule has 1 aliphatic carbocycles. The zero-order chi connectivity index (χ0) is 8.89. The van der Waals surface area contributed by atoms with E-state index in [2.05, 4.69) is 26.9 Å². The first-order valence-corrected chi connectivity index (χ1v) is 4.44. The van der Waals surface area contributed by atoms with Crippen molar-refractivity contribution in [3.63, 3.8) is 0 Å². The van der Waals surface area contributed by atoms with E-state index in [1.54, 1.807) is 6.20 Å². The first-order valence-electron chi connectivity index (χ1n) is 4.44. The van der Waals surface area contributed by atoms with E-state index in [9.17, 15) is 0 Å². The van der Waals surface area contributed by atoms with Crippen molar-refractivity contribution in [2.45, 2.75) is 25.2 Å². The second-order valence-corrected chi connectivity index (χ2v) is 3.91. The Bertz CT molecular complexity index is 422. The Morgan fingerprint density at radius 1 is 1.46 bits per heavy atom. The van der Waals surface area contributed by atoms with Gasteiger partial charge >= 0.3 is 0 Å². The minimum absolute atomic E-state index is 0.278. The fourth-order valence-electron chi connectivity index (χ4n) is 1.47. The van der Waals surface area contributed by atoms with Crippen molar-refractivity contribution < 1.29 is 0 Å². The summed E-state index contributed by atoms with van der Waals surface area (Å²) in [4.78, 5) is 15.7. The van der Waals surface area contributed by atoms with Crippen molar-refractivity contribution in [2.24, 2.45) is 0 Å². The summed E-state index contributed by atoms with van der Waals surface area (Å²) in [5.41, 5.74) is 1.99. The molecule has 0 amide bonds. The van der Waals surface area contributed by atoms with Crippen LogP contribution in [0.25, 0.3) is 11.2 Å². The lowest BCUT2D eigenvalue weighted by molar-refractivity contribution is 0.727. The first kappa shape index (κ1) is 7.00. The van der Waals surface area contributed by atoms with E-state index in [1.807, 2.05) is 0 Å². The molecule has 4 heteroatoms. The number of rotatable bonds is 1. The van der Waals surface area contributed by atoms with Gasteiger partial charge in [0.05, 0.1) is 6.20 Å². The molecule has 0 aliphatic heterocycles. The molecule has 1 fully saturated rings. The SMILES string of the molecule is CC1(c2nc3ncncc3[nH]2)CC1. The van der Waals surface area contributed by atoms with Crippen molar-refractivity contribution in [1.29, 1.82) is 0 Å². The molecule has 0 radical (unpaired) electrons. The summed E-state index contributed by atoms with van der Waals surface area (Å²) in [5.74, 6) is 1.06. The van der Waals surface area contributed by atoms with Crippen molar-refractivity contribution in [3.05, 3.63) is 18.3 Å². The van der Waals surface area contributed by atoms with E-state index in [4.69, 9.17) is 0 Å². The number of hydrogen-bond acceptors (Lipinski definition) is 3. The van der Waals surface area contributed by atoms with Gasteiger partial charge in [0.2, 0.25) is 0 Å². The lowest BCUT2D eigenvalue weighted by Gasteiger charge is -2.00. The van der Waals surface area contributed by atoms with Crippen LogP contribution in [0.4, 0.5) is 0 Å². The lowest BCUT2D eigenvalue weighted by Crippen LogP contribution is -2.01. The smallest absolute Gasteiger partial charge is 0.180 e. The summed E-state index contributed by atoms with van der Waals surface area (Å²) in [6.45, 7) is 2.22. The number of nitrogens with zero attached hydrogens (tertiary/aromatic N) is 3. The van der Waals surface area contributed by atoms with Crippen molar-refractivity contribution in [2.75, 3.05) is 0 Å². The highest BCUT2D eigenvalue weighted by Gasteiger charge is 2.42. The summed E-state index contributed by atoms with van der Waals surface area (Å²) in [6, 6.07) is 0. The van der Waals surface area contributed by atoms with Crippen molar-refractivity contribution in [1.82, 2.24) is 19.9 Å². The number of imidazole rings is 1. The van der Waals surface area contributed by atoms with Crippen LogP contribution in [-0.4, -0.2) is 19.9 Å². The van der Waals surface area contributed by atoms with E-state index in [1.165, 1.54) is 19.2 Å². The number of nitrogens with one attached hydrogen (secondary N) is 1. The zero-order valence-corrected chi connectivity index (χ0v) is 7.41. The van der Waals surface area contributed by atoms with Gasteiger partial charge in [0, 0.05) is 5.41 Å². The summed E-state index contributed by atoms with van der Waals surface area (Å²) >= 11 is 0. The molecule has 13 heavy (non-hydrogen) atoms. The second kappa shape index (κ2) is 2.07. The van der Waals surface area contributed by atoms with E-state index in [0.29, 0.717) is 0 Å². The molecular weight excluding hydrogens is 164 g/mol. The molecule has 1 N–H and O–H groups in total. The molecule has 4 nitrogen and oxygen atoms in total. The number of fused-ring (bicyclic) bond motifs is 1. The maximum absolute atomic E-state index is 4.44. The highest BCUT2D eigenvalue weighted by molar-refractivity contribution is 5.69. The van der Waals surface area contributed by atoms with Gasteiger partial charge in [0.1, 0.15) is 17.7 Å². The van der Waals surface area contributed by atoms with E-state index >= 15 is 0 Å². The van der Waals surface area contributed by atoms with Crippen LogP contribution in [0.3, 0.4) is 0 Å². The van der Waals surface area contributed by atoms with Crippen LogP contribution in [0.2, 0.25) is 0 Å². The quantitative estimate of drug-likeness (QED) is 0.711. The van der Waals surface area contributed by atoms with Gasteiger partial charge in [-0.3, -0.25) is 0 Å². The molecular formula is C9H10N4. The lowest BCUT2D eigenvalue weighted by atomic mass is 10.1. The van der Waals surface area contributed by atoms with Gasteiger partial charge in [-0.1, -0.05) is 6.92 Å². The minimum atomic E-state index is 0.278. The van der Waals surface area contributed by atoms with Gasteiger partial charge in [-0.15, -0.1) is 0 Å². The average molecular weight is 174 g/mol. The fraction of sp³-hybridized carbons (Fsp3) is 0.444. The third kappa shape index (κ3) is 0.946. The maximum Gasteiger partial charge on any atom is 0.180 e. The highest BCUT2D eigenvalue weighted by atomic mass is 15.0. The first-order chi connectivity index (χ1) is 6.28. The van der Waals surface area contributed by atoms with E-state index in [0.717, 1.165) is 17.0 Å². The molecule has 0 atom stereocenters. The largest absolute Gasteiger partial charge is 0.339 e. The Morgan fingerprint density at radius 3 is 3.00 bits per heavy atom. The Balaban J connectivity index is 2.22. The summed E-state index contributed by atoms with van der Waals surface area (Å²) in [6.07, 6.45) is 5.74. The van der Waals surface area contributed by atoms with Gasteiger partial charge in [0.15, 0.2) is 5.65 Å². The highest BCUT2D eigenvalue weighted by Crippen LogP contribution is 2.46. The zero-order valence-electron chi connectivity index (χ0n) is 7.41. The molecule has 0 unspecified atom stereocenters. The average Bonchev–Trinajstić information content (AvgIpc) is 2.76. The van der Waals surface area contributed by atoms with Crippen molar-refractivity contribution in [3.8, 4) is 0 Å². The van der Waals surface area contributed by atoms with Crippen LogP contribution < -0.4 is 0 Å². The van der Waals surface area contributed by atoms with Crippen LogP contribution in [0, 0.1) is 0 Å². The molecule has 0 spiro atoms. The van der Waals surface area contributed by atoms with Gasteiger partial charge in [0.25, 0.3) is 0 Å². The van der Waals surface area contributed by atoms with Gasteiger partial charge in [-0.05, 0) is 12.8 Å². The van der Waals surface area contributed by atoms with Gasteiger partial charge in [-0.2, -0.15) is 0 Å². The van der Waals surface area contributed by atoms with E-state index < -0.39 is 0 Å². The van der Waals surface area contributed by atoms with Crippen LogP contribution in [0.1, 0.15) is 25.6 Å². The summed E-state index contributed by atoms with van der Waals surface area (Å²) < 4.78 is 0. The second-order valence-electron chi connectivity index (χ2n) is 3.91. The Labute approximate surface area is 75.4 Å². The van der Waals surface area contributed by atoms with Crippen LogP contribution >= 0.6 is 0 Å². The topological polar surface area (TPSA) is 54.5 Å². The number of H-pyrrole nitrogens is 1. The number of aromatic nitrogens is 4. The molecule has 0 saturated heterocycles. The molecule has 0 bridgehead atoms. The molecule has 1 aliphatic rings. The van der Waals surface area contributed by atoms with Gasteiger partial charge in [-0.25, -0.2) is 15.0 Å². The minimum Gasteiger partial charge on any atom is -0.339 e. The Hall–Kier alpha value is -1.45. The molecule has 2 heterocycles. The molecule has 3 rings (SSSR count). The predicted octanol–water partition coefficient (Wildman–Crippen LogP) is 1.40. The molecule has 2 aromatic rings. The Morgan fingerprint density at radius 2 is 2.31 bits per heavy atom. The Kier molecular flexibility index (Phi) is 1.12. The third-order valence-corrected chi connectivity index (χ3v) is 2.73. The van der Waals surface area contributed by atoms with E-state index in [-0.39, 0.29) is 5.41 Å². The summed E-state index contributed by atoms with van der Waals surface area (Å²) in [7, 11) is 0. The molecule has 66 valence electrons. The monoisotopic (exact) mass is 174 g/mol. The molecule has 0 aromatic carbocycles. The van der Waals surface area contributed by atoms with Crippen molar-refractivity contribution >= 4 is 11.2 Å². The number of hydrogen-bond donors (Lipinski definition) is 1. The summed E-state index contributed by atoms with van der Waals surface area (Å²) in [5, 5.41) is 0. The van der Waals surface area contributed by atoms with Crippen LogP contribution in [-0.2, 0) is 5.41 Å². The molecule has 1 saturated carbocycles. The van der Waals surface area contributed by atoms with Gasteiger partial charge < -0.3 is 4.98 Å². The maximum atomic E-state index is 4.44. The van der Waals surface area contributed by atoms with Crippen LogP contribution in [0.5, 0.6) is 0 Å². The van der Waals surface area contributed by atoms with Crippen LogP contribution in [0.15, 0.2) is 12.5 Å². The normalized spacial score (nSPS) is 19.2. The standard InChI is InChI=1S/C9H10N4/c1-9(2-3-9)8-12-6-4-10-5-11-7(6)13-8/h4-5H,2-3H2,1H3,(H,10,11,12,13). The number of aromatic amines is 1. The third-order valence-electron chi connectivity index (χ3n) is 2.73. The fourth-order valence-corrected chi connectivity index (χ4v) is 1.47. The molecule has 2 aromatic heterocycles. The predicted molar refractivity (Wildman–Crippen MR) is 48.3 cm³/mol.